The van der Waals surface area contributed by atoms with Crippen LogP contribution in [0.25, 0.3) is 0 Å². The summed E-state index contributed by atoms with van der Waals surface area (Å²) in [6.45, 7) is 1.96. The molecular formula is C20H19F4N3O3S. The Morgan fingerprint density at radius 1 is 1.00 bits per heavy atom. The number of nitrogens with one attached hydrogen (secondary N) is 3. The van der Waals surface area contributed by atoms with Gasteiger partial charge in [0.25, 0.3) is 5.91 Å². The van der Waals surface area contributed by atoms with Crippen molar-refractivity contribution in [3.05, 3.63) is 53.1 Å². The molecule has 0 saturated heterocycles. The number of rotatable bonds is 7. The van der Waals surface area contributed by atoms with E-state index in [1.807, 2.05) is 12.2 Å². The molecule has 0 aromatic heterocycles. The predicted molar refractivity (Wildman–Crippen MR) is 111 cm³/mol. The summed E-state index contributed by atoms with van der Waals surface area (Å²) in [6.07, 6.45) is 1.96. The van der Waals surface area contributed by atoms with E-state index in [4.69, 9.17) is 12.2 Å². The Morgan fingerprint density at radius 3 is 2.13 bits per heavy atom. The summed E-state index contributed by atoms with van der Waals surface area (Å²) in [6, 6.07) is 6.28. The molecule has 0 saturated carbocycles. The molecule has 3 N–H and O–H groups in total. The molecule has 166 valence electrons. The Labute approximate surface area is 181 Å². The van der Waals surface area contributed by atoms with Crippen molar-refractivity contribution in [3.8, 4) is 5.75 Å². The number of hydrogen-bond acceptors (Lipinski definition) is 4. The van der Waals surface area contributed by atoms with Crippen LogP contribution in [0.3, 0.4) is 0 Å². The van der Waals surface area contributed by atoms with E-state index in [0.29, 0.717) is 17.8 Å². The number of carbonyl (C=O) groups excluding carboxylic acids is 2. The lowest BCUT2D eigenvalue weighted by atomic mass is 10.1. The van der Waals surface area contributed by atoms with E-state index in [9.17, 15) is 27.2 Å². The maximum atomic E-state index is 14.1. The van der Waals surface area contributed by atoms with E-state index in [-0.39, 0.29) is 5.91 Å². The molecule has 0 atom stereocenters. The van der Waals surface area contributed by atoms with Gasteiger partial charge < -0.3 is 15.4 Å². The summed E-state index contributed by atoms with van der Waals surface area (Å²) < 4.78 is 60.0. The van der Waals surface area contributed by atoms with Crippen molar-refractivity contribution in [2.24, 2.45) is 0 Å². The first-order valence-corrected chi connectivity index (χ1v) is 9.52. The lowest BCUT2D eigenvalue weighted by Crippen LogP contribution is -2.35. The van der Waals surface area contributed by atoms with Crippen molar-refractivity contribution in [2.45, 2.75) is 26.2 Å². The molecule has 0 bridgehead atoms. The fraction of sp³-hybridized carbons (Fsp3) is 0.250. The number of halogens is 4. The maximum Gasteiger partial charge on any atom is 0.263 e. The standard InChI is InChI=1S/C20H19F4N3O3S/c1-3-4-8-12(28)25-10-6-5-7-11(9-10)26-20(31)27-19(29)13-14(21)16(23)18(30-2)17(24)15(13)22/h5-7,9H,3-4,8H2,1-2H3,(H,25,28)(H2,26,27,29,31). The second kappa shape index (κ2) is 10.7. The molecule has 0 aliphatic heterocycles. The van der Waals surface area contributed by atoms with Crippen LogP contribution in [0.5, 0.6) is 5.75 Å². The molecule has 0 heterocycles. The van der Waals surface area contributed by atoms with E-state index >= 15 is 0 Å². The van der Waals surface area contributed by atoms with Gasteiger partial charge in [0.2, 0.25) is 17.5 Å². The zero-order chi connectivity index (χ0) is 23.1. The van der Waals surface area contributed by atoms with Gasteiger partial charge in [0, 0.05) is 17.8 Å². The first kappa shape index (κ1) is 24.1. The highest BCUT2D eigenvalue weighted by molar-refractivity contribution is 7.80. The summed E-state index contributed by atoms with van der Waals surface area (Å²) in [5.74, 6) is -10.5. The number of carbonyl (C=O) groups is 2. The fourth-order valence-electron chi connectivity index (χ4n) is 2.55. The van der Waals surface area contributed by atoms with Gasteiger partial charge in [-0.25, -0.2) is 8.78 Å². The zero-order valence-electron chi connectivity index (χ0n) is 16.6. The summed E-state index contributed by atoms with van der Waals surface area (Å²) in [4.78, 5) is 24.0. The number of methoxy groups -OCH3 is 1. The van der Waals surface area contributed by atoms with Crippen molar-refractivity contribution >= 4 is 40.5 Å². The minimum absolute atomic E-state index is 0.176. The first-order valence-electron chi connectivity index (χ1n) is 9.11. The van der Waals surface area contributed by atoms with Crippen molar-refractivity contribution in [3.63, 3.8) is 0 Å². The minimum atomic E-state index is -1.92. The van der Waals surface area contributed by atoms with Crippen LogP contribution in [0, 0.1) is 23.3 Å². The van der Waals surface area contributed by atoms with Gasteiger partial charge in [0.1, 0.15) is 5.56 Å². The normalized spacial score (nSPS) is 10.4. The molecule has 2 amide bonds. The Kier molecular flexibility index (Phi) is 8.31. The first-order chi connectivity index (χ1) is 14.7. The van der Waals surface area contributed by atoms with Crippen LogP contribution in [0.1, 0.15) is 36.5 Å². The van der Waals surface area contributed by atoms with Gasteiger partial charge in [-0.1, -0.05) is 19.4 Å². The predicted octanol–water partition coefficient (Wildman–Crippen LogP) is 4.51. The van der Waals surface area contributed by atoms with E-state index in [1.54, 1.807) is 18.2 Å². The molecule has 2 aromatic rings. The molecule has 2 aromatic carbocycles. The third-order valence-electron chi connectivity index (χ3n) is 4.04. The lowest BCUT2D eigenvalue weighted by molar-refractivity contribution is -0.116. The van der Waals surface area contributed by atoms with Gasteiger partial charge in [-0.05, 0) is 36.8 Å². The highest BCUT2D eigenvalue weighted by Gasteiger charge is 2.30. The van der Waals surface area contributed by atoms with E-state index in [0.717, 1.165) is 20.0 Å². The van der Waals surface area contributed by atoms with Crippen LogP contribution < -0.4 is 20.7 Å². The zero-order valence-corrected chi connectivity index (χ0v) is 17.4. The highest BCUT2D eigenvalue weighted by atomic mass is 32.1. The lowest BCUT2D eigenvalue weighted by Gasteiger charge is -2.13. The Morgan fingerprint density at radius 2 is 1.58 bits per heavy atom. The third kappa shape index (κ3) is 5.91. The van der Waals surface area contributed by atoms with Crippen LogP contribution in [-0.4, -0.2) is 24.0 Å². The highest BCUT2D eigenvalue weighted by Crippen LogP contribution is 2.29. The Hall–Kier alpha value is -3.21. The van der Waals surface area contributed by atoms with Gasteiger partial charge in [-0.3, -0.25) is 14.9 Å². The Balaban J connectivity index is 2.11. The number of benzene rings is 2. The molecule has 0 aliphatic rings. The molecule has 31 heavy (non-hydrogen) atoms. The number of thiocarbonyl (C=S) groups is 1. The number of amides is 2. The van der Waals surface area contributed by atoms with Crippen LogP contribution in [-0.2, 0) is 4.79 Å². The average Bonchev–Trinajstić information content (AvgIpc) is 2.71. The molecule has 0 spiro atoms. The topological polar surface area (TPSA) is 79.5 Å². The smallest absolute Gasteiger partial charge is 0.263 e. The second-order valence-corrected chi connectivity index (χ2v) is 6.71. The van der Waals surface area contributed by atoms with Gasteiger partial charge in [0.15, 0.2) is 22.5 Å². The molecule has 0 fully saturated rings. The number of anilines is 2. The molecule has 6 nitrogen and oxygen atoms in total. The van der Waals surface area contributed by atoms with Crippen molar-refractivity contribution in [2.75, 3.05) is 17.7 Å². The van der Waals surface area contributed by atoms with Gasteiger partial charge >= 0.3 is 0 Å². The molecule has 0 radical (unpaired) electrons. The summed E-state index contributed by atoms with van der Waals surface area (Å²) >= 11 is 4.91. The summed E-state index contributed by atoms with van der Waals surface area (Å²) in [5.41, 5.74) is -0.694. The van der Waals surface area contributed by atoms with E-state index < -0.39 is 45.6 Å². The third-order valence-corrected chi connectivity index (χ3v) is 4.25. The second-order valence-electron chi connectivity index (χ2n) is 6.30. The summed E-state index contributed by atoms with van der Waals surface area (Å²) in [5, 5.41) is 6.83. The fourth-order valence-corrected chi connectivity index (χ4v) is 2.76. The van der Waals surface area contributed by atoms with Crippen LogP contribution in [0.15, 0.2) is 24.3 Å². The monoisotopic (exact) mass is 457 g/mol. The van der Waals surface area contributed by atoms with Crippen LogP contribution in [0.2, 0.25) is 0 Å². The van der Waals surface area contributed by atoms with Gasteiger partial charge in [-0.2, -0.15) is 8.78 Å². The van der Waals surface area contributed by atoms with Crippen LogP contribution >= 0.6 is 12.2 Å². The number of ether oxygens (including phenoxy) is 1. The van der Waals surface area contributed by atoms with Gasteiger partial charge in [0.05, 0.1) is 7.11 Å². The quantitative estimate of drug-likeness (QED) is 0.324. The summed E-state index contributed by atoms with van der Waals surface area (Å²) in [7, 11) is 0.819. The molecule has 0 unspecified atom stereocenters. The minimum Gasteiger partial charge on any atom is -0.491 e. The molecule has 2 rings (SSSR count). The largest absolute Gasteiger partial charge is 0.491 e. The molecular weight excluding hydrogens is 438 g/mol. The van der Waals surface area contributed by atoms with E-state index in [2.05, 4.69) is 15.4 Å². The average molecular weight is 457 g/mol. The number of unbranched alkanes of at least 4 members (excludes halogenated alkanes) is 1. The van der Waals surface area contributed by atoms with Crippen molar-refractivity contribution in [1.29, 1.82) is 0 Å². The van der Waals surface area contributed by atoms with E-state index in [1.165, 1.54) is 6.07 Å². The molecule has 0 aliphatic carbocycles. The molecule has 11 heteroatoms. The van der Waals surface area contributed by atoms with Gasteiger partial charge in [-0.15, -0.1) is 0 Å². The number of hydrogen-bond donors (Lipinski definition) is 3. The van der Waals surface area contributed by atoms with Crippen LogP contribution in [0.4, 0.5) is 28.9 Å². The van der Waals surface area contributed by atoms with Crippen molar-refractivity contribution in [1.82, 2.24) is 5.32 Å². The SMILES string of the molecule is CCCCC(=O)Nc1cccc(NC(=S)NC(=O)c2c(F)c(F)c(OC)c(F)c2F)c1. The Bertz CT molecular complexity index is 988. The maximum absolute atomic E-state index is 14.1. The van der Waals surface area contributed by atoms with Crippen molar-refractivity contribution < 1.29 is 31.9 Å².